The summed E-state index contributed by atoms with van der Waals surface area (Å²) in [5.41, 5.74) is 0.576. The Morgan fingerprint density at radius 1 is 1.12 bits per heavy atom. The van der Waals surface area contributed by atoms with Gasteiger partial charge in [0.15, 0.2) is 0 Å². The number of esters is 1. The number of likely N-dealkylation sites (tertiary alicyclic amines) is 1. The lowest BCUT2D eigenvalue weighted by atomic mass is 9.80. The molecule has 2 fully saturated rings. The number of ether oxygens (including phenoxy) is 1. The van der Waals surface area contributed by atoms with E-state index in [1.807, 2.05) is 25.1 Å². The number of nitrogens with one attached hydrogen (secondary N) is 1. The lowest BCUT2D eigenvalue weighted by Gasteiger charge is -2.41. The minimum Gasteiger partial charge on any atom is -0.465 e. The van der Waals surface area contributed by atoms with E-state index in [4.69, 9.17) is 0 Å². The van der Waals surface area contributed by atoms with E-state index in [2.05, 4.69) is 27.1 Å². The average molecular weight is 447 g/mol. The second-order valence-corrected chi connectivity index (χ2v) is 9.04. The first-order valence-electron chi connectivity index (χ1n) is 11.1. The molecule has 172 valence electrons. The lowest BCUT2D eigenvalue weighted by Crippen LogP contribution is -2.46. The molecule has 0 aromatic heterocycles. The highest BCUT2D eigenvalue weighted by Gasteiger charge is 2.45. The maximum Gasteiger partial charge on any atom is 0.418 e. The topological polar surface area (TPSA) is 41.6 Å². The molecule has 4 rings (SSSR count). The van der Waals surface area contributed by atoms with Crippen LogP contribution in [-0.2, 0) is 17.5 Å². The maximum atomic E-state index is 13.6. The zero-order chi connectivity index (χ0) is 22.9. The van der Waals surface area contributed by atoms with Gasteiger partial charge in [-0.2, -0.15) is 13.2 Å². The molecule has 1 N–H and O–H groups in total. The first-order chi connectivity index (χ1) is 15.3. The number of anilines is 1. The van der Waals surface area contributed by atoms with Crippen molar-refractivity contribution in [2.24, 2.45) is 17.8 Å². The van der Waals surface area contributed by atoms with Gasteiger partial charge in [0.05, 0.1) is 18.2 Å². The van der Waals surface area contributed by atoms with Gasteiger partial charge in [-0.15, -0.1) is 0 Å². The number of hydrogen-bond acceptors (Lipinski definition) is 4. The number of carbonyl (C=O) groups is 1. The minimum atomic E-state index is -4.51. The highest BCUT2D eigenvalue weighted by atomic mass is 19.4. The van der Waals surface area contributed by atoms with Gasteiger partial charge in [0.25, 0.3) is 0 Å². The highest BCUT2D eigenvalue weighted by Crippen LogP contribution is 2.45. The first-order valence-corrected chi connectivity index (χ1v) is 11.1. The summed E-state index contributed by atoms with van der Waals surface area (Å²) in [5.74, 6) is 0.532. The zero-order valence-electron chi connectivity index (χ0n) is 18.4. The van der Waals surface area contributed by atoms with Crippen molar-refractivity contribution >= 4 is 11.7 Å². The molecule has 2 aromatic carbocycles. The molecule has 3 atom stereocenters. The van der Waals surface area contributed by atoms with E-state index in [1.54, 1.807) is 0 Å². The molecule has 1 aliphatic carbocycles. The molecular formula is C25H29F3N2O2. The van der Waals surface area contributed by atoms with Crippen LogP contribution in [0.3, 0.4) is 0 Å². The van der Waals surface area contributed by atoms with Gasteiger partial charge in [0.2, 0.25) is 0 Å². The Balaban J connectivity index is 1.50. The molecule has 2 bridgehead atoms. The number of piperidine rings is 1. The maximum absolute atomic E-state index is 13.6. The SMILES string of the molecule is COC(=O)c1ccc(C(F)(F)F)c(N[C@@H](C)C2[C@@H]3CC[C@@H]2CN(Cc2ccccc2)C3)c1. The van der Waals surface area contributed by atoms with Gasteiger partial charge in [0.1, 0.15) is 0 Å². The van der Waals surface area contributed by atoms with E-state index < -0.39 is 17.7 Å². The minimum absolute atomic E-state index is 0.0565. The van der Waals surface area contributed by atoms with Crippen molar-refractivity contribution in [2.45, 2.75) is 38.5 Å². The van der Waals surface area contributed by atoms with Crippen LogP contribution in [0.15, 0.2) is 48.5 Å². The Kier molecular flexibility index (Phi) is 6.47. The average Bonchev–Trinajstić information content (AvgIpc) is 3.04. The smallest absolute Gasteiger partial charge is 0.418 e. The van der Waals surface area contributed by atoms with E-state index in [-0.39, 0.29) is 17.3 Å². The number of fused-ring (bicyclic) bond motifs is 2. The fourth-order valence-corrected chi connectivity index (χ4v) is 5.65. The third kappa shape index (κ3) is 4.77. The molecule has 1 aliphatic heterocycles. The van der Waals surface area contributed by atoms with Gasteiger partial charge in [-0.05, 0) is 61.3 Å². The van der Waals surface area contributed by atoms with Gasteiger partial charge < -0.3 is 10.1 Å². The Labute approximate surface area is 186 Å². The largest absolute Gasteiger partial charge is 0.465 e. The fraction of sp³-hybridized carbons (Fsp3) is 0.480. The molecular weight excluding hydrogens is 417 g/mol. The molecule has 2 aromatic rings. The Bertz CT molecular complexity index is 934. The summed E-state index contributed by atoms with van der Waals surface area (Å²) in [6.45, 7) is 4.78. The number of nitrogens with zero attached hydrogens (tertiary/aromatic N) is 1. The molecule has 2 aliphatic rings. The van der Waals surface area contributed by atoms with Crippen LogP contribution >= 0.6 is 0 Å². The number of alkyl halides is 3. The fourth-order valence-electron chi connectivity index (χ4n) is 5.65. The number of methoxy groups -OCH3 is 1. The molecule has 1 saturated carbocycles. The van der Waals surface area contributed by atoms with Crippen molar-refractivity contribution < 1.29 is 22.7 Å². The predicted molar refractivity (Wildman–Crippen MR) is 117 cm³/mol. The van der Waals surface area contributed by atoms with Gasteiger partial charge >= 0.3 is 12.1 Å². The Morgan fingerprint density at radius 3 is 2.38 bits per heavy atom. The second-order valence-electron chi connectivity index (χ2n) is 9.04. The van der Waals surface area contributed by atoms with Gasteiger partial charge in [-0.3, -0.25) is 4.90 Å². The Hall–Kier alpha value is -2.54. The monoisotopic (exact) mass is 446 g/mol. The van der Waals surface area contributed by atoms with E-state index in [0.29, 0.717) is 17.8 Å². The summed E-state index contributed by atoms with van der Waals surface area (Å²) >= 11 is 0. The van der Waals surface area contributed by atoms with Gasteiger partial charge in [-0.25, -0.2) is 4.79 Å². The quantitative estimate of drug-likeness (QED) is 0.599. The van der Waals surface area contributed by atoms with Crippen molar-refractivity contribution in [3.63, 3.8) is 0 Å². The standard InChI is InChI=1S/C25H29F3N2O2/c1-16(29-22-12-18(24(31)32-2)10-11-21(22)25(26,27)28)23-19-8-9-20(23)15-30(14-19)13-17-6-4-3-5-7-17/h3-7,10-12,16,19-20,23,29H,8-9,13-15H2,1-2H3/t16-,19+,20+/m0/s1. The van der Waals surface area contributed by atoms with Crippen LogP contribution in [0.1, 0.15) is 41.3 Å². The number of hydrogen-bond donors (Lipinski definition) is 1. The molecule has 4 nitrogen and oxygen atoms in total. The third-order valence-corrected chi connectivity index (χ3v) is 6.94. The number of benzene rings is 2. The van der Waals surface area contributed by atoms with E-state index in [9.17, 15) is 18.0 Å². The van der Waals surface area contributed by atoms with Crippen LogP contribution in [0.25, 0.3) is 0 Å². The van der Waals surface area contributed by atoms with Crippen LogP contribution in [0, 0.1) is 17.8 Å². The van der Waals surface area contributed by atoms with Crippen molar-refractivity contribution in [3.05, 3.63) is 65.2 Å². The first kappa shape index (κ1) is 22.6. The van der Waals surface area contributed by atoms with Crippen LogP contribution in [-0.4, -0.2) is 37.1 Å². The van der Waals surface area contributed by atoms with Crippen molar-refractivity contribution in [3.8, 4) is 0 Å². The second kappa shape index (κ2) is 9.14. The number of halogens is 3. The van der Waals surface area contributed by atoms with Gasteiger partial charge in [0, 0.05) is 31.4 Å². The van der Waals surface area contributed by atoms with E-state index in [1.165, 1.54) is 18.7 Å². The predicted octanol–water partition coefficient (Wildman–Crippen LogP) is 5.45. The molecule has 32 heavy (non-hydrogen) atoms. The summed E-state index contributed by atoms with van der Waals surface area (Å²) < 4.78 is 45.5. The molecule has 1 saturated heterocycles. The summed E-state index contributed by atoms with van der Waals surface area (Å²) in [7, 11) is 1.22. The molecule has 0 spiro atoms. The molecule has 1 heterocycles. The van der Waals surface area contributed by atoms with Crippen LogP contribution in [0.2, 0.25) is 0 Å². The van der Waals surface area contributed by atoms with Crippen LogP contribution in [0.4, 0.5) is 18.9 Å². The zero-order valence-corrected chi connectivity index (χ0v) is 18.4. The number of carbonyl (C=O) groups excluding carboxylic acids is 1. The normalized spacial score (nSPS) is 24.2. The van der Waals surface area contributed by atoms with Gasteiger partial charge in [-0.1, -0.05) is 30.3 Å². The molecule has 0 amide bonds. The van der Waals surface area contributed by atoms with E-state index >= 15 is 0 Å². The van der Waals surface area contributed by atoms with Crippen molar-refractivity contribution in [2.75, 3.05) is 25.5 Å². The highest BCUT2D eigenvalue weighted by molar-refractivity contribution is 5.90. The van der Waals surface area contributed by atoms with Crippen LogP contribution < -0.4 is 5.32 Å². The lowest BCUT2D eigenvalue weighted by molar-refractivity contribution is -0.137. The molecule has 7 heteroatoms. The van der Waals surface area contributed by atoms with E-state index in [0.717, 1.165) is 44.6 Å². The summed E-state index contributed by atoms with van der Waals surface area (Å²) in [4.78, 5) is 14.3. The third-order valence-electron chi connectivity index (χ3n) is 6.94. The number of rotatable bonds is 6. The molecule has 0 unspecified atom stereocenters. The summed E-state index contributed by atoms with van der Waals surface area (Å²) in [5, 5.41) is 3.13. The van der Waals surface area contributed by atoms with Crippen LogP contribution in [0.5, 0.6) is 0 Å². The summed E-state index contributed by atoms with van der Waals surface area (Å²) in [6, 6.07) is 13.6. The molecule has 0 radical (unpaired) electrons. The van der Waals surface area contributed by atoms with Crippen molar-refractivity contribution in [1.29, 1.82) is 0 Å². The van der Waals surface area contributed by atoms with Crippen molar-refractivity contribution in [1.82, 2.24) is 4.90 Å². The Morgan fingerprint density at radius 2 is 1.78 bits per heavy atom. The summed E-state index contributed by atoms with van der Waals surface area (Å²) in [6.07, 6.45) is -2.31.